The molecule has 5 N–H and O–H groups in total. The van der Waals surface area contributed by atoms with Crippen LogP contribution in [0, 0.1) is 11.3 Å². The van der Waals surface area contributed by atoms with Crippen LogP contribution in [-0.2, 0) is 31.1 Å². The van der Waals surface area contributed by atoms with E-state index in [0.29, 0.717) is 11.4 Å². The predicted molar refractivity (Wildman–Crippen MR) is 135 cm³/mol. The number of ether oxygens (including phenoxy) is 2. The van der Waals surface area contributed by atoms with E-state index < -0.39 is 54.5 Å². The molecule has 1 unspecified atom stereocenters. The number of rotatable bonds is 10. The fraction of sp³-hybridized carbons (Fsp3) is 0.462. The fourth-order valence-electron chi connectivity index (χ4n) is 5.28. The maximum Gasteiger partial charge on any atom is 0.348 e. The maximum atomic E-state index is 12.1. The van der Waals surface area contributed by atoms with Crippen molar-refractivity contribution in [3.05, 3.63) is 54.1 Å². The first-order valence-corrected chi connectivity index (χ1v) is 12.8. The second kappa shape index (κ2) is 10.8. The molecule has 2 aliphatic rings. The van der Waals surface area contributed by atoms with Gasteiger partial charge in [-0.2, -0.15) is 10.4 Å². The van der Waals surface area contributed by atoms with Crippen molar-refractivity contribution in [2.45, 2.75) is 67.7 Å². The molecule has 1 aromatic carbocycles. The van der Waals surface area contributed by atoms with Gasteiger partial charge < -0.3 is 35.2 Å². The Hall–Kier alpha value is -4.16. The summed E-state index contributed by atoms with van der Waals surface area (Å²) in [4.78, 5) is 32.9. The number of benzene rings is 1. The summed E-state index contributed by atoms with van der Waals surface area (Å²) in [7, 11) is 0. The number of hydrogen-bond donors (Lipinski definition) is 5. The van der Waals surface area contributed by atoms with Gasteiger partial charge in [0, 0.05) is 12.5 Å². The van der Waals surface area contributed by atoms with E-state index in [1.807, 2.05) is 6.07 Å². The highest BCUT2D eigenvalue weighted by atomic mass is 16.6. The normalized spacial score (nSPS) is 25.2. The minimum Gasteiger partial charge on any atom is -0.479 e. The Morgan fingerprint density at radius 1 is 1.18 bits per heavy atom. The standard InChI is InChI=1S/C26H28N6O8/c27-13-26(18-11-28-22-21(29-14-30-32(18)22)31-16-8-4-5-9-16)20(34)19(33)17(40-26)12-39-25(23(35)36,24(37)38)10-15-6-2-1-3-7-15/h1-3,6-7,11,14,16-17,19-20,33-34H,4-5,8-10,12H2,(H,35,36)(H,37,38)(H,29,30,31)/t17-,19-,20-,26?/m1/s1. The van der Waals surface area contributed by atoms with Crippen LogP contribution in [0.1, 0.15) is 36.9 Å². The summed E-state index contributed by atoms with van der Waals surface area (Å²) in [5, 5.41) is 59.2. The fourth-order valence-corrected chi connectivity index (χ4v) is 5.28. The van der Waals surface area contributed by atoms with Gasteiger partial charge in [-0.3, -0.25) is 0 Å². The molecule has 2 fully saturated rings. The van der Waals surface area contributed by atoms with Gasteiger partial charge in [0.1, 0.15) is 36.4 Å². The minimum absolute atomic E-state index is 0.00272. The molecular formula is C26H28N6O8. The number of aliphatic hydroxyl groups is 2. The molecule has 0 bridgehead atoms. The second-order valence-electron chi connectivity index (χ2n) is 9.96. The number of nitriles is 1. The molecule has 4 atom stereocenters. The lowest BCUT2D eigenvalue weighted by atomic mass is 9.92. The molecule has 0 amide bonds. The molecule has 0 spiro atoms. The van der Waals surface area contributed by atoms with Crippen LogP contribution < -0.4 is 5.32 Å². The van der Waals surface area contributed by atoms with Crippen LogP contribution >= 0.6 is 0 Å². The number of anilines is 1. The summed E-state index contributed by atoms with van der Waals surface area (Å²) in [6, 6.07) is 10.2. The van der Waals surface area contributed by atoms with Gasteiger partial charge in [0.05, 0.1) is 12.8 Å². The molecule has 14 heteroatoms. The highest BCUT2D eigenvalue weighted by Gasteiger charge is 2.59. The van der Waals surface area contributed by atoms with E-state index in [1.54, 1.807) is 30.3 Å². The molecule has 2 aromatic heterocycles. The van der Waals surface area contributed by atoms with Crippen molar-refractivity contribution in [1.82, 2.24) is 19.6 Å². The van der Waals surface area contributed by atoms with Crippen molar-refractivity contribution in [3.8, 4) is 6.07 Å². The molecule has 3 aromatic rings. The molecule has 1 aliphatic heterocycles. The number of aliphatic hydroxyl groups excluding tert-OH is 2. The van der Waals surface area contributed by atoms with E-state index in [-0.39, 0.29) is 17.4 Å². The lowest BCUT2D eigenvalue weighted by Crippen LogP contribution is -2.52. The quantitative estimate of drug-likeness (QED) is 0.217. The number of hydrogen-bond acceptors (Lipinski definition) is 11. The number of nitrogens with zero attached hydrogens (tertiary/aromatic N) is 5. The predicted octanol–water partition coefficient (Wildman–Crippen LogP) is 0.486. The van der Waals surface area contributed by atoms with Crippen molar-refractivity contribution < 1.29 is 39.5 Å². The minimum atomic E-state index is -2.72. The van der Waals surface area contributed by atoms with Crippen LogP contribution in [0.4, 0.5) is 5.82 Å². The molecular weight excluding hydrogens is 524 g/mol. The van der Waals surface area contributed by atoms with Crippen molar-refractivity contribution in [2.24, 2.45) is 0 Å². The molecule has 14 nitrogen and oxygen atoms in total. The van der Waals surface area contributed by atoms with E-state index in [0.717, 1.165) is 25.7 Å². The van der Waals surface area contributed by atoms with Crippen LogP contribution in [0.2, 0.25) is 0 Å². The molecule has 1 saturated heterocycles. The maximum absolute atomic E-state index is 12.1. The van der Waals surface area contributed by atoms with Crippen LogP contribution in [-0.4, -0.2) is 88.5 Å². The molecule has 210 valence electrons. The SMILES string of the molecule is N#CC1(c2cnc3c(NC4CCCC4)ncnn23)O[C@H](COC(Cc2ccccc2)(C(=O)O)C(=O)O)[C@@H](O)[C@H]1O. The highest BCUT2D eigenvalue weighted by molar-refractivity contribution is 6.02. The Labute approximate surface area is 227 Å². The number of nitrogens with one attached hydrogen (secondary N) is 1. The van der Waals surface area contributed by atoms with Crippen LogP contribution in [0.15, 0.2) is 42.9 Å². The average Bonchev–Trinajstić information content (AvgIpc) is 3.68. The summed E-state index contributed by atoms with van der Waals surface area (Å²) < 4.78 is 12.6. The smallest absolute Gasteiger partial charge is 0.348 e. The highest BCUT2D eigenvalue weighted by Crippen LogP contribution is 2.40. The molecule has 5 rings (SSSR count). The number of imidazole rings is 1. The Morgan fingerprint density at radius 2 is 1.88 bits per heavy atom. The van der Waals surface area contributed by atoms with Crippen molar-refractivity contribution in [1.29, 1.82) is 5.26 Å². The van der Waals surface area contributed by atoms with Crippen molar-refractivity contribution in [2.75, 3.05) is 11.9 Å². The van der Waals surface area contributed by atoms with Gasteiger partial charge in [-0.05, 0) is 18.4 Å². The largest absolute Gasteiger partial charge is 0.479 e. The zero-order chi connectivity index (χ0) is 28.5. The van der Waals surface area contributed by atoms with E-state index in [9.17, 15) is 35.3 Å². The monoisotopic (exact) mass is 552 g/mol. The first-order chi connectivity index (χ1) is 19.2. The Bertz CT molecular complexity index is 1420. The summed E-state index contributed by atoms with van der Waals surface area (Å²) in [5.74, 6) is -3.09. The van der Waals surface area contributed by atoms with E-state index in [2.05, 4.69) is 20.4 Å². The Balaban J connectivity index is 1.42. The first-order valence-electron chi connectivity index (χ1n) is 12.8. The molecule has 3 heterocycles. The van der Waals surface area contributed by atoms with Crippen molar-refractivity contribution in [3.63, 3.8) is 0 Å². The number of carboxylic acid groups (broad SMARTS) is 2. The van der Waals surface area contributed by atoms with Crippen LogP contribution in [0.5, 0.6) is 0 Å². The van der Waals surface area contributed by atoms with Gasteiger partial charge in [-0.1, -0.05) is 43.2 Å². The Kier molecular flexibility index (Phi) is 7.39. The zero-order valence-corrected chi connectivity index (χ0v) is 21.3. The number of carbonyl (C=O) groups is 2. The van der Waals surface area contributed by atoms with Crippen molar-refractivity contribution >= 4 is 23.4 Å². The second-order valence-corrected chi connectivity index (χ2v) is 9.96. The molecule has 1 aliphatic carbocycles. The third-order valence-corrected chi connectivity index (χ3v) is 7.49. The molecule has 1 saturated carbocycles. The third-order valence-electron chi connectivity index (χ3n) is 7.49. The number of carboxylic acids is 2. The zero-order valence-electron chi connectivity index (χ0n) is 21.3. The topological polar surface area (TPSA) is 212 Å². The molecule has 40 heavy (non-hydrogen) atoms. The van der Waals surface area contributed by atoms with Gasteiger partial charge in [-0.15, -0.1) is 0 Å². The lowest BCUT2D eigenvalue weighted by Gasteiger charge is -2.27. The third kappa shape index (κ3) is 4.62. The van der Waals surface area contributed by atoms with E-state index in [1.165, 1.54) is 17.0 Å². The molecule has 0 radical (unpaired) electrons. The van der Waals surface area contributed by atoms with Gasteiger partial charge in [0.25, 0.3) is 5.60 Å². The van der Waals surface area contributed by atoms with E-state index >= 15 is 0 Å². The summed E-state index contributed by atoms with van der Waals surface area (Å²) in [6.07, 6.45) is 1.12. The first kappa shape index (κ1) is 27.4. The van der Waals surface area contributed by atoms with Gasteiger partial charge in [0.2, 0.25) is 5.60 Å². The van der Waals surface area contributed by atoms with E-state index in [4.69, 9.17) is 9.47 Å². The Morgan fingerprint density at radius 3 is 2.52 bits per heavy atom. The van der Waals surface area contributed by atoms with Crippen LogP contribution in [0.3, 0.4) is 0 Å². The number of aliphatic carboxylic acids is 2. The van der Waals surface area contributed by atoms with Gasteiger partial charge in [-0.25, -0.2) is 24.1 Å². The van der Waals surface area contributed by atoms with Gasteiger partial charge in [0.15, 0.2) is 11.5 Å². The average molecular weight is 553 g/mol. The summed E-state index contributed by atoms with van der Waals surface area (Å²) in [5.41, 5.74) is -4.23. The van der Waals surface area contributed by atoms with Gasteiger partial charge >= 0.3 is 11.9 Å². The van der Waals surface area contributed by atoms with Crippen LogP contribution in [0.25, 0.3) is 5.65 Å². The number of fused-ring (bicyclic) bond motifs is 1. The summed E-state index contributed by atoms with van der Waals surface area (Å²) in [6.45, 7) is -0.757. The summed E-state index contributed by atoms with van der Waals surface area (Å²) >= 11 is 0. The lowest BCUT2D eigenvalue weighted by molar-refractivity contribution is -0.190. The number of aromatic nitrogens is 4.